The quantitative estimate of drug-likeness (QED) is 0.823. The van der Waals surface area contributed by atoms with Crippen LogP contribution in [0.2, 0.25) is 0 Å². The normalized spacial score (nSPS) is 15.1. The van der Waals surface area contributed by atoms with Crippen LogP contribution in [-0.2, 0) is 4.79 Å². The fraction of sp³-hybridized carbons (Fsp3) is 0.333. The minimum Gasteiger partial charge on any atom is -0.368 e. The summed E-state index contributed by atoms with van der Waals surface area (Å²) in [5.74, 6) is -0.865. The van der Waals surface area contributed by atoms with Crippen molar-refractivity contribution in [3.05, 3.63) is 57.3 Å². The van der Waals surface area contributed by atoms with Crippen molar-refractivity contribution in [1.82, 2.24) is 9.88 Å². The largest absolute Gasteiger partial charge is 0.368 e. The van der Waals surface area contributed by atoms with E-state index in [1.54, 1.807) is 18.2 Å². The zero-order chi connectivity index (χ0) is 17.4. The molecule has 6 heteroatoms. The van der Waals surface area contributed by atoms with E-state index in [4.69, 9.17) is 5.73 Å². The van der Waals surface area contributed by atoms with E-state index < -0.39 is 11.9 Å². The molecule has 0 spiro atoms. The van der Waals surface area contributed by atoms with E-state index in [-0.39, 0.29) is 5.91 Å². The van der Waals surface area contributed by atoms with Gasteiger partial charge < -0.3 is 15.6 Å². The van der Waals surface area contributed by atoms with E-state index in [0.717, 1.165) is 28.7 Å². The van der Waals surface area contributed by atoms with Gasteiger partial charge in [-0.2, -0.15) is 0 Å². The van der Waals surface area contributed by atoms with Crippen molar-refractivity contribution in [3.63, 3.8) is 0 Å². The second-order valence-electron chi connectivity index (χ2n) is 6.25. The number of primary amides is 1. The zero-order valence-corrected chi connectivity index (χ0v) is 15.3. The van der Waals surface area contributed by atoms with Gasteiger partial charge in [-0.05, 0) is 50.5 Å². The summed E-state index contributed by atoms with van der Waals surface area (Å²) in [5, 5.41) is 2.77. The number of hydrogen-bond donors (Lipinski definition) is 2. The summed E-state index contributed by atoms with van der Waals surface area (Å²) in [7, 11) is 0. The van der Waals surface area contributed by atoms with Gasteiger partial charge in [0.15, 0.2) is 0 Å². The number of aromatic nitrogens is 1. The summed E-state index contributed by atoms with van der Waals surface area (Å²) in [5.41, 5.74) is 8.76. The average molecular weight is 390 g/mol. The number of benzene rings is 1. The molecule has 3 rings (SSSR count). The Bertz CT molecular complexity index is 809. The third-order valence-corrected chi connectivity index (χ3v) is 4.88. The lowest BCUT2D eigenvalue weighted by atomic mass is 10.1. The van der Waals surface area contributed by atoms with E-state index in [1.165, 1.54) is 0 Å². The van der Waals surface area contributed by atoms with Crippen molar-refractivity contribution < 1.29 is 9.59 Å². The molecule has 1 atom stereocenters. The maximum atomic E-state index is 12.7. The highest BCUT2D eigenvalue weighted by Gasteiger charge is 2.29. The Balaban J connectivity index is 1.87. The Morgan fingerprint density at radius 3 is 2.58 bits per heavy atom. The van der Waals surface area contributed by atoms with Crippen LogP contribution < -0.4 is 11.1 Å². The summed E-state index contributed by atoms with van der Waals surface area (Å²) < 4.78 is 3.03. The first-order valence-electron chi connectivity index (χ1n) is 7.92. The number of carbonyl (C=O) groups is 2. The number of rotatable bonds is 5. The lowest BCUT2D eigenvalue weighted by Gasteiger charge is -2.16. The number of nitrogens with two attached hydrogens (primary N) is 1. The summed E-state index contributed by atoms with van der Waals surface area (Å²) in [6.07, 6.45) is 2.30. The third-order valence-electron chi connectivity index (χ3n) is 4.38. The standard InChI is InChI=1S/C18H20BrN3O2/c1-10-8-15(11(2)22(10)14-6-7-14)18(24)21-16(17(20)23)12-4-3-5-13(19)9-12/h3-5,8-9,14,16H,6-7H2,1-2H3,(H2,20,23)(H,21,24)/t16-/m1/s1. The molecule has 0 bridgehead atoms. The van der Waals surface area contributed by atoms with Crippen molar-refractivity contribution in [2.24, 2.45) is 5.73 Å². The van der Waals surface area contributed by atoms with Crippen LogP contribution in [0.1, 0.15) is 52.2 Å². The Labute approximate surface area is 149 Å². The number of amides is 2. The number of nitrogens with zero attached hydrogens (tertiary/aromatic N) is 1. The molecule has 5 nitrogen and oxygen atoms in total. The van der Waals surface area contributed by atoms with Crippen molar-refractivity contribution in [3.8, 4) is 0 Å². The van der Waals surface area contributed by atoms with Gasteiger partial charge in [0.25, 0.3) is 5.91 Å². The van der Waals surface area contributed by atoms with E-state index in [9.17, 15) is 9.59 Å². The first-order valence-corrected chi connectivity index (χ1v) is 8.72. The molecule has 3 N–H and O–H groups in total. The molecule has 24 heavy (non-hydrogen) atoms. The third kappa shape index (κ3) is 3.24. The summed E-state index contributed by atoms with van der Waals surface area (Å²) >= 11 is 3.37. The molecule has 2 amide bonds. The molecule has 0 radical (unpaired) electrons. The van der Waals surface area contributed by atoms with Gasteiger partial charge in [-0.3, -0.25) is 9.59 Å². The van der Waals surface area contributed by atoms with Gasteiger partial charge in [0.1, 0.15) is 6.04 Å². The molecular weight excluding hydrogens is 370 g/mol. The number of aryl methyl sites for hydroxylation is 1. The first kappa shape index (κ1) is 16.8. The molecule has 1 aromatic heterocycles. The van der Waals surface area contributed by atoms with E-state index in [0.29, 0.717) is 17.2 Å². The minimum absolute atomic E-state index is 0.279. The molecule has 1 fully saturated rings. The molecule has 1 aliphatic carbocycles. The van der Waals surface area contributed by atoms with Crippen LogP contribution in [0.25, 0.3) is 0 Å². The SMILES string of the molecule is Cc1cc(C(=O)N[C@@H](C(N)=O)c2cccc(Br)c2)c(C)n1C1CC1. The van der Waals surface area contributed by atoms with Crippen molar-refractivity contribution in [2.45, 2.75) is 38.8 Å². The van der Waals surface area contributed by atoms with Crippen LogP contribution >= 0.6 is 15.9 Å². The van der Waals surface area contributed by atoms with E-state index >= 15 is 0 Å². The van der Waals surface area contributed by atoms with Gasteiger partial charge in [-0.1, -0.05) is 28.1 Å². The van der Waals surface area contributed by atoms with Crippen molar-refractivity contribution in [1.29, 1.82) is 0 Å². The fourth-order valence-corrected chi connectivity index (χ4v) is 3.53. The number of hydrogen-bond acceptors (Lipinski definition) is 2. The van der Waals surface area contributed by atoms with Crippen LogP contribution in [-0.4, -0.2) is 16.4 Å². The Morgan fingerprint density at radius 1 is 1.29 bits per heavy atom. The molecule has 0 aliphatic heterocycles. The van der Waals surface area contributed by atoms with Crippen molar-refractivity contribution in [2.75, 3.05) is 0 Å². The van der Waals surface area contributed by atoms with Gasteiger partial charge in [0.05, 0.1) is 5.56 Å². The molecule has 1 saturated carbocycles. The highest BCUT2D eigenvalue weighted by molar-refractivity contribution is 9.10. The predicted octanol–water partition coefficient (Wildman–Crippen LogP) is 3.16. The van der Waals surface area contributed by atoms with Crippen LogP contribution in [0.5, 0.6) is 0 Å². The topological polar surface area (TPSA) is 77.1 Å². The molecular formula is C18H20BrN3O2. The molecule has 2 aromatic rings. The molecule has 1 aromatic carbocycles. The van der Waals surface area contributed by atoms with Gasteiger partial charge in [-0.25, -0.2) is 0 Å². The van der Waals surface area contributed by atoms with Crippen LogP contribution in [0, 0.1) is 13.8 Å². The van der Waals surface area contributed by atoms with E-state index in [2.05, 4.69) is 25.8 Å². The number of nitrogens with one attached hydrogen (secondary N) is 1. The van der Waals surface area contributed by atoms with Gasteiger partial charge >= 0.3 is 0 Å². The summed E-state index contributed by atoms with van der Waals surface area (Å²) in [4.78, 5) is 24.5. The van der Waals surface area contributed by atoms with Gasteiger partial charge in [0, 0.05) is 21.9 Å². The maximum absolute atomic E-state index is 12.7. The minimum atomic E-state index is -0.862. The second-order valence-corrected chi connectivity index (χ2v) is 7.17. The first-order chi connectivity index (χ1) is 11.4. The Hall–Kier alpha value is -2.08. The van der Waals surface area contributed by atoms with Gasteiger partial charge in [0.2, 0.25) is 5.91 Å². The Morgan fingerprint density at radius 2 is 2.00 bits per heavy atom. The Kier molecular flexibility index (Phi) is 4.49. The summed E-state index contributed by atoms with van der Waals surface area (Å²) in [6.45, 7) is 3.95. The highest BCUT2D eigenvalue weighted by Crippen LogP contribution is 2.38. The van der Waals surface area contributed by atoms with Crippen LogP contribution in [0.15, 0.2) is 34.8 Å². The van der Waals surface area contributed by atoms with E-state index in [1.807, 2.05) is 26.0 Å². The molecule has 0 saturated heterocycles. The van der Waals surface area contributed by atoms with Gasteiger partial charge in [-0.15, -0.1) is 0 Å². The summed E-state index contributed by atoms with van der Waals surface area (Å²) in [6, 6.07) is 8.73. The molecule has 126 valence electrons. The second kappa shape index (κ2) is 6.43. The predicted molar refractivity (Wildman–Crippen MR) is 95.7 cm³/mol. The maximum Gasteiger partial charge on any atom is 0.254 e. The monoisotopic (exact) mass is 389 g/mol. The van der Waals surface area contributed by atoms with Crippen molar-refractivity contribution >= 4 is 27.7 Å². The van der Waals surface area contributed by atoms with Crippen LogP contribution in [0.3, 0.4) is 0 Å². The zero-order valence-electron chi connectivity index (χ0n) is 13.7. The number of halogens is 1. The smallest absolute Gasteiger partial charge is 0.254 e. The lowest BCUT2D eigenvalue weighted by Crippen LogP contribution is -2.37. The average Bonchev–Trinajstić information content (AvgIpc) is 3.30. The van der Waals surface area contributed by atoms with Crippen LogP contribution in [0.4, 0.5) is 0 Å². The molecule has 1 heterocycles. The highest BCUT2D eigenvalue weighted by atomic mass is 79.9. The number of carbonyl (C=O) groups excluding carboxylic acids is 2. The lowest BCUT2D eigenvalue weighted by molar-refractivity contribution is -0.120. The fourth-order valence-electron chi connectivity index (χ4n) is 3.12. The molecule has 0 unspecified atom stereocenters. The molecule has 1 aliphatic rings.